The molecule has 0 radical (unpaired) electrons. The highest BCUT2D eigenvalue weighted by Crippen LogP contribution is 2.31. The number of amides is 3. The van der Waals surface area contributed by atoms with E-state index >= 15 is 0 Å². The molecule has 0 bridgehead atoms. The van der Waals surface area contributed by atoms with E-state index in [1.54, 1.807) is 11.0 Å². The third-order valence-electron chi connectivity index (χ3n) is 5.58. The molecule has 1 fully saturated rings. The van der Waals surface area contributed by atoms with Crippen LogP contribution in [0.3, 0.4) is 0 Å². The summed E-state index contributed by atoms with van der Waals surface area (Å²) in [6.45, 7) is 0.918. The highest BCUT2D eigenvalue weighted by molar-refractivity contribution is 6.04. The van der Waals surface area contributed by atoms with E-state index in [1.807, 2.05) is 0 Å². The first kappa shape index (κ1) is 20.5. The van der Waals surface area contributed by atoms with Crippen LogP contribution in [0.2, 0.25) is 0 Å². The number of carbonyl (C=O) groups excluding carboxylic acids is 3. The zero-order valence-corrected chi connectivity index (χ0v) is 16.5. The maximum Gasteiger partial charge on any atom is 0.258 e. The van der Waals surface area contributed by atoms with Crippen molar-refractivity contribution in [1.29, 1.82) is 0 Å². The highest BCUT2D eigenvalue weighted by atomic mass is 19.1. The molecule has 1 atom stereocenters. The van der Waals surface area contributed by atoms with E-state index in [4.69, 9.17) is 5.73 Å². The lowest BCUT2D eigenvalue weighted by atomic mass is 9.92. The van der Waals surface area contributed by atoms with E-state index in [0.29, 0.717) is 25.9 Å². The van der Waals surface area contributed by atoms with Gasteiger partial charge in [0.1, 0.15) is 11.6 Å². The predicted octanol–water partition coefficient (Wildman–Crippen LogP) is 0.675. The van der Waals surface area contributed by atoms with Gasteiger partial charge in [0.05, 0.1) is 17.2 Å². The van der Waals surface area contributed by atoms with Crippen molar-refractivity contribution in [3.05, 3.63) is 46.0 Å². The molecule has 3 heterocycles. The summed E-state index contributed by atoms with van der Waals surface area (Å²) in [7, 11) is 0. The highest BCUT2D eigenvalue weighted by Gasteiger charge is 2.36. The molecule has 11 heteroatoms. The third kappa shape index (κ3) is 4.11. The van der Waals surface area contributed by atoms with Gasteiger partial charge in [-0.15, -0.1) is 0 Å². The first-order chi connectivity index (χ1) is 14.8. The number of aromatic nitrogens is 2. The molecule has 1 aromatic heterocycles. The van der Waals surface area contributed by atoms with Crippen LogP contribution < -0.4 is 26.8 Å². The number of nitrogens with zero attached hydrogens (tertiary/aromatic N) is 2. The van der Waals surface area contributed by atoms with E-state index in [2.05, 4.69) is 20.6 Å². The van der Waals surface area contributed by atoms with Crippen molar-refractivity contribution in [2.24, 2.45) is 11.7 Å². The van der Waals surface area contributed by atoms with Crippen molar-refractivity contribution in [3.8, 4) is 0 Å². The molecule has 1 saturated heterocycles. The number of fused-ring (bicyclic) bond motifs is 1. The molecular formula is C20H21FN6O4. The van der Waals surface area contributed by atoms with Crippen LogP contribution in [0.4, 0.5) is 21.8 Å². The number of hydrogen-bond acceptors (Lipinski definition) is 6. The summed E-state index contributed by atoms with van der Waals surface area (Å²) in [4.78, 5) is 58.0. The smallest absolute Gasteiger partial charge is 0.258 e. The van der Waals surface area contributed by atoms with Gasteiger partial charge < -0.3 is 21.3 Å². The van der Waals surface area contributed by atoms with Gasteiger partial charge in [-0.05, 0) is 25.0 Å². The molecule has 1 aromatic carbocycles. The van der Waals surface area contributed by atoms with Crippen LogP contribution in [0.15, 0.2) is 29.1 Å². The fourth-order valence-corrected chi connectivity index (χ4v) is 3.89. The van der Waals surface area contributed by atoms with Gasteiger partial charge in [0.2, 0.25) is 23.7 Å². The Balaban J connectivity index is 1.60. The van der Waals surface area contributed by atoms with Crippen molar-refractivity contribution >= 4 is 35.2 Å². The standard InChI is InChI=1S/C20H21FN6O4/c21-12-3-1-2-4-13(12)23-18(30)11-9-14(28)24-17-15(11)19(31)26-20(25-17)27-7-5-10(6-8-27)16(22)29/h1-4,10-11H,5-9H2,(H2,22,29)(H,23,30)(H2,24,25,26,28,31). The Labute approximate surface area is 176 Å². The summed E-state index contributed by atoms with van der Waals surface area (Å²) in [6.07, 6.45) is 0.785. The van der Waals surface area contributed by atoms with Crippen LogP contribution in [0.1, 0.15) is 30.7 Å². The third-order valence-corrected chi connectivity index (χ3v) is 5.58. The molecule has 0 saturated carbocycles. The molecule has 0 aliphatic carbocycles. The van der Waals surface area contributed by atoms with Crippen molar-refractivity contribution < 1.29 is 18.8 Å². The Bertz CT molecular complexity index is 1110. The number of aromatic amines is 1. The lowest BCUT2D eigenvalue weighted by Crippen LogP contribution is -2.41. The molecule has 2 aliphatic heterocycles. The number of piperidine rings is 1. The number of benzene rings is 1. The molecule has 1 unspecified atom stereocenters. The number of para-hydroxylation sites is 1. The quantitative estimate of drug-likeness (QED) is 0.562. The minimum absolute atomic E-state index is 0.000656. The van der Waals surface area contributed by atoms with Crippen LogP contribution in [0, 0.1) is 11.7 Å². The zero-order valence-electron chi connectivity index (χ0n) is 16.5. The van der Waals surface area contributed by atoms with Crippen molar-refractivity contribution in [2.45, 2.75) is 25.2 Å². The first-order valence-corrected chi connectivity index (χ1v) is 9.87. The Hall–Kier alpha value is -3.76. The van der Waals surface area contributed by atoms with Gasteiger partial charge in [0.25, 0.3) is 5.56 Å². The Morgan fingerprint density at radius 3 is 2.58 bits per heavy atom. The summed E-state index contributed by atoms with van der Waals surface area (Å²) >= 11 is 0. The second-order valence-corrected chi connectivity index (χ2v) is 7.59. The molecule has 0 spiro atoms. The summed E-state index contributed by atoms with van der Waals surface area (Å²) < 4.78 is 13.9. The van der Waals surface area contributed by atoms with E-state index in [0.717, 1.165) is 0 Å². The number of nitrogens with two attached hydrogens (primary N) is 1. The number of nitrogens with one attached hydrogen (secondary N) is 3. The molecule has 31 heavy (non-hydrogen) atoms. The number of carbonyl (C=O) groups is 3. The lowest BCUT2D eigenvalue weighted by Gasteiger charge is -2.32. The van der Waals surface area contributed by atoms with Gasteiger partial charge in [0.15, 0.2) is 0 Å². The lowest BCUT2D eigenvalue weighted by molar-refractivity contribution is -0.123. The number of rotatable bonds is 4. The number of halogens is 1. The molecule has 2 aliphatic rings. The van der Waals surface area contributed by atoms with Crippen LogP contribution in [0.5, 0.6) is 0 Å². The number of H-pyrrole nitrogens is 1. The van der Waals surface area contributed by atoms with E-state index in [9.17, 15) is 23.6 Å². The van der Waals surface area contributed by atoms with E-state index < -0.39 is 29.1 Å². The SMILES string of the molecule is NC(=O)C1CCN(c2nc3c(c(=O)[nH]2)C(C(=O)Nc2ccccc2F)CC(=O)N3)CC1. The maximum absolute atomic E-state index is 13.9. The fraction of sp³-hybridized carbons (Fsp3) is 0.350. The monoisotopic (exact) mass is 428 g/mol. The fourth-order valence-electron chi connectivity index (χ4n) is 3.89. The van der Waals surface area contributed by atoms with Crippen molar-refractivity contribution in [3.63, 3.8) is 0 Å². The van der Waals surface area contributed by atoms with E-state index in [-0.39, 0.29) is 41.3 Å². The summed E-state index contributed by atoms with van der Waals surface area (Å²) in [5.41, 5.74) is 4.76. The Morgan fingerprint density at radius 2 is 1.90 bits per heavy atom. The van der Waals surface area contributed by atoms with Crippen LogP contribution in [-0.2, 0) is 14.4 Å². The Kier molecular flexibility index (Phi) is 5.40. The van der Waals surface area contributed by atoms with Crippen LogP contribution in [-0.4, -0.2) is 40.8 Å². The maximum atomic E-state index is 13.9. The molecule has 4 rings (SSSR count). The second kappa shape index (κ2) is 8.17. The minimum Gasteiger partial charge on any atom is -0.369 e. The zero-order chi connectivity index (χ0) is 22.1. The predicted molar refractivity (Wildman–Crippen MR) is 110 cm³/mol. The van der Waals surface area contributed by atoms with Crippen LogP contribution >= 0.6 is 0 Å². The largest absolute Gasteiger partial charge is 0.369 e. The van der Waals surface area contributed by atoms with Crippen molar-refractivity contribution in [2.75, 3.05) is 28.6 Å². The molecule has 5 N–H and O–H groups in total. The number of anilines is 3. The number of primary amides is 1. The topological polar surface area (TPSA) is 150 Å². The van der Waals surface area contributed by atoms with Gasteiger partial charge in [-0.1, -0.05) is 12.1 Å². The van der Waals surface area contributed by atoms with Gasteiger partial charge in [-0.2, -0.15) is 4.98 Å². The second-order valence-electron chi connectivity index (χ2n) is 7.59. The normalized spacial score (nSPS) is 18.8. The first-order valence-electron chi connectivity index (χ1n) is 9.87. The summed E-state index contributed by atoms with van der Waals surface area (Å²) in [5, 5.41) is 4.98. The molecule has 10 nitrogen and oxygen atoms in total. The molecule has 2 aromatic rings. The van der Waals surface area contributed by atoms with Crippen LogP contribution in [0.25, 0.3) is 0 Å². The van der Waals surface area contributed by atoms with Crippen molar-refractivity contribution in [1.82, 2.24) is 9.97 Å². The van der Waals surface area contributed by atoms with Gasteiger partial charge in [0, 0.05) is 25.4 Å². The number of hydrogen-bond donors (Lipinski definition) is 4. The van der Waals surface area contributed by atoms with Gasteiger partial charge >= 0.3 is 0 Å². The minimum atomic E-state index is -1.12. The summed E-state index contributed by atoms with van der Waals surface area (Å²) in [6, 6.07) is 5.62. The van der Waals surface area contributed by atoms with E-state index in [1.165, 1.54) is 18.2 Å². The van der Waals surface area contributed by atoms with Gasteiger partial charge in [-0.3, -0.25) is 24.2 Å². The molecular weight excluding hydrogens is 407 g/mol. The van der Waals surface area contributed by atoms with Gasteiger partial charge in [-0.25, -0.2) is 4.39 Å². The average molecular weight is 428 g/mol. The molecule has 162 valence electrons. The average Bonchev–Trinajstić information content (AvgIpc) is 2.74. The summed E-state index contributed by atoms with van der Waals surface area (Å²) in [5.74, 6) is -3.24. The molecule has 3 amide bonds. The Morgan fingerprint density at radius 1 is 1.19 bits per heavy atom.